The summed E-state index contributed by atoms with van der Waals surface area (Å²) in [5, 5.41) is 0. The minimum Gasteiger partial charge on any atom is -0.459 e. The Labute approximate surface area is 72.4 Å². The van der Waals surface area contributed by atoms with E-state index in [1.165, 1.54) is 0 Å². The molecule has 68 valence electrons. The van der Waals surface area contributed by atoms with Crippen LogP contribution < -0.4 is 0 Å². The molecule has 0 spiro atoms. The summed E-state index contributed by atoms with van der Waals surface area (Å²) in [5.41, 5.74) is 0.848. The van der Waals surface area contributed by atoms with Crippen LogP contribution in [0.5, 0.6) is 0 Å². The average molecular weight is 170 g/mol. The number of carbonyl (C=O) groups excluding carboxylic acids is 1. The molecule has 0 aromatic heterocycles. The van der Waals surface area contributed by atoms with Crippen molar-refractivity contribution < 1.29 is 14.3 Å². The van der Waals surface area contributed by atoms with Gasteiger partial charge < -0.3 is 9.47 Å². The molecule has 1 saturated heterocycles. The van der Waals surface area contributed by atoms with Crippen LogP contribution in [0.4, 0.5) is 0 Å². The molecule has 12 heavy (non-hydrogen) atoms. The van der Waals surface area contributed by atoms with E-state index < -0.39 is 0 Å². The Hall–Kier alpha value is -0.830. The molecular formula is C9H14O3. The first-order chi connectivity index (χ1) is 5.70. The van der Waals surface area contributed by atoms with Crippen molar-refractivity contribution in [3.05, 3.63) is 12.2 Å². The molecule has 0 bridgehead atoms. The van der Waals surface area contributed by atoms with Crippen LogP contribution >= 0.6 is 0 Å². The smallest absolute Gasteiger partial charge is 0.335 e. The maximum absolute atomic E-state index is 11.2. The average Bonchev–Trinajstić information content (AvgIpc) is 2.51. The highest BCUT2D eigenvalue weighted by molar-refractivity contribution is 5.75. The largest absolute Gasteiger partial charge is 0.459 e. The molecule has 0 saturated carbocycles. The lowest BCUT2D eigenvalue weighted by Crippen LogP contribution is -2.22. The van der Waals surface area contributed by atoms with E-state index in [1.807, 2.05) is 6.92 Å². The fourth-order valence-electron chi connectivity index (χ4n) is 1.05. The highest BCUT2D eigenvalue weighted by Crippen LogP contribution is 2.13. The molecule has 1 fully saturated rings. The Morgan fingerprint density at radius 1 is 1.75 bits per heavy atom. The van der Waals surface area contributed by atoms with Crippen LogP contribution in [0.1, 0.15) is 19.8 Å². The van der Waals surface area contributed by atoms with Crippen molar-refractivity contribution in [2.75, 3.05) is 13.2 Å². The van der Waals surface area contributed by atoms with Crippen molar-refractivity contribution in [2.24, 2.45) is 0 Å². The van der Waals surface area contributed by atoms with Gasteiger partial charge in [0.1, 0.15) is 6.61 Å². The van der Waals surface area contributed by atoms with Crippen LogP contribution in [0.15, 0.2) is 12.2 Å². The Morgan fingerprint density at radius 3 is 3.00 bits per heavy atom. The number of rotatable bonds is 3. The van der Waals surface area contributed by atoms with Crippen LogP contribution in [-0.2, 0) is 14.3 Å². The van der Waals surface area contributed by atoms with E-state index in [0.29, 0.717) is 13.2 Å². The highest BCUT2D eigenvalue weighted by Gasteiger charge is 2.24. The molecule has 1 atom stereocenters. The van der Waals surface area contributed by atoms with Crippen molar-refractivity contribution >= 4 is 5.97 Å². The molecule has 0 N–H and O–H groups in total. The highest BCUT2D eigenvalue weighted by atomic mass is 16.6. The number of hydrogen-bond acceptors (Lipinski definition) is 3. The molecule has 1 rings (SSSR count). The second-order valence-electron chi connectivity index (χ2n) is 3.07. The summed E-state index contributed by atoms with van der Waals surface area (Å²) in [5.74, 6) is -0.254. The van der Waals surface area contributed by atoms with E-state index in [0.717, 1.165) is 18.4 Å². The number of carbonyl (C=O) groups is 1. The van der Waals surface area contributed by atoms with Crippen molar-refractivity contribution in [2.45, 2.75) is 25.9 Å². The zero-order valence-corrected chi connectivity index (χ0v) is 7.34. The quantitative estimate of drug-likeness (QED) is 0.473. The van der Waals surface area contributed by atoms with Crippen LogP contribution in [0.3, 0.4) is 0 Å². The van der Waals surface area contributed by atoms with E-state index in [4.69, 9.17) is 9.47 Å². The van der Waals surface area contributed by atoms with Gasteiger partial charge >= 0.3 is 5.97 Å². The monoisotopic (exact) mass is 170 g/mol. The van der Waals surface area contributed by atoms with Gasteiger partial charge in [-0.2, -0.15) is 0 Å². The first-order valence-corrected chi connectivity index (χ1v) is 4.13. The Kier molecular flexibility index (Phi) is 3.29. The van der Waals surface area contributed by atoms with Crippen LogP contribution in [0, 0.1) is 0 Å². The third kappa shape index (κ3) is 2.66. The van der Waals surface area contributed by atoms with Gasteiger partial charge in [-0.15, -0.1) is 0 Å². The van der Waals surface area contributed by atoms with E-state index in [-0.39, 0.29) is 12.1 Å². The van der Waals surface area contributed by atoms with Gasteiger partial charge in [-0.1, -0.05) is 6.58 Å². The number of hydrogen-bond donors (Lipinski definition) is 0. The molecule has 0 unspecified atom stereocenters. The van der Waals surface area contributed by atoms with Crippen LogP contribution in [0.25, 0.3) is 0 Å². The fourth-order valence-corrected chi connectivity index (χ4v) is 1.05. The van der Waals surface area contributed by atoms with E-state index in [1.54, 1.807) is 0 Å². The first kappa shape index (κ1) is 9.26. The van der Waals surface area contributed by atoms with Gasteiger partial charge in [0.25, 0.3) is 0 Å². The van der Waals surface area contributed by atoms with Gasteiger partial charge in [0.05, 0.1) is 0 Å². The Morgan fingerprint density at radius 2 is 2.50 bits per heavy atom. The maximum Gasteiger partial charge on any atom is 0.335 e. The predicted molar refractivity (Wildman–Crippen MR) is 44.7 cm³/mol. The summed E-state index contributed by atoms with van der Waals surface area (Å²) in [6.45, 7) is 6.44. The summed E-state index contributed by atoms with van der Waals surface area (Å²) in [6, 6.07) is 0. The second kappa shape index (κ2) is 4.26. The minimum atomic E-state index is -0.329. The summed E-state index contributed by atoms with van der Waals surface area (Å²) < 4.78 is 10.1. The molecule has 1 aliphatic rings. The van der Waals surface area contributed by atoms with Gasteiger partial charge in [0, 0.05) is 6.61 Å². The maximum atomic E-state index is 11.2. The lowest BCUT2D eigenvalue weighted by molar-refractivity contribution is -0.153. The van der Waals surface area contributed by atoms with E-state index in [9.17, 15) is 4.79 Å². The standard InChI is InChI=1S/C9H14O3/c1-7(2)6-12-9(10)8-4-3-5-11-8/h8H,1,3-6H2,2H3/t8-/m0/s1. The summed E-state index contributed by atoms with van der Waals surface area (Å²) in [7, 11) is 0. The van der Waals surface area contributed by atoms with Gasteiger partial charge in [-0.3, -0.25) is 0 Å². The van der Waals surface area contributed by atoms with Gasteiger partial charge in [-0.25, -0.2) is 4.79 Å². The molecular weight excluding hydrogens is 156 g/mol. The molecule has 3 nitrogen and oxygen atoms in total. The normalized spacial score (nSPS) is 22.2. The van der Waals surface area contributed by atoms with Crippen molar-refractivity contribution in [1.29, 1.82) is 0 Å². The molecule has 0 radical (unpaired) electrons. The van der Waals surface area contributed by atoms with Gasteiger partial charge in [0.15, 0.2) is 6.10 Å². The van der Waals surface area contributed by atoms with Crippen molar-refractivity contribution in [1.82, 2.24) is 0 Å². The van der Waals surface area contributed by atoms with Gasteiger partial charge in [0.2, 0.25) is 0 Å². The SMILES string of the molecule is C=C(C)COC(=O)[C@@H]1CCCO1. The topological polar surface area (TPSA) is 35.5 Å². The third-order valence-electron chi connectivity index (χ3n) is 1.65. The Bertz CT molecular complexity index is 180. The molecule has 0 aromatic carbocycles. The summed E-state index contributed by atoms with van der Waals surface area (Å²) in [6.07, 6.45) is 1.41. The molecule has 0 amide bonds. The van der Waals surface area contributed by atoms with E-state index >= 15 is 0 Å². The zero-order valence-electron chi connectivity index (χ0n) is 7.34. The number of esters is 1. The number of ether oxygens (including phenoxy) is 2. The molecule has 1 heterocycles. The van der Waals surface area contributed by atoms with Crippen molar-refractivity contribution in [3.63, 3.8) is 0 Å². The van der Waals surface area contributed by atoms with Gasteiger partial charge in [-0.05, 0) is 25.3 Å². The zero-order chi connectivity index (χ0) is 8.97. The third-order valence-corrected chi connectivity index (χ3v) is 1.65. The van der Waals surface area contributed by atoms with E-state index in [2.05, 4.69) is 6.58 Å². The molecule has 0 aromatic rings. The molecule has 3 heteroatoms. The lowest BCUT2D eigenvalue weighted by atomic mass is 10.2. The van der Waals surface area contributed by atoms with Crippen LogP contribution in [-0.4, -0.2) is 25.3 Å². The minimum absolute atomic E-state index is 0.254. The summed E-state index contributed by atoms with van der Waals surface area (Å²) >= 11 is 0. The van der Waals surface area contributed by atoms with Crippen molar-refractivity contribution in [3.8, 4) is 0 Å². The molecule has 1 aliphatic heterocycles. The fraction of sp³-hybridized carbons (Fsp3) is 0.667. The predicted octanol–water partition coefficient (Wildman–Crippen LogP) is 1.28. The lowest BCUT2D eigenvalue weighted by Gasteiger charge is -2.08. The Balaban J connectivity index is 2.23. The first-order valence-electron chi connectivity index (χ1n) is 4.13. The van der Waals surface area contributed by atoms with Crippen LogP contribution in [0.2, 0.25) is 0 Å². The summed E-state index contributed by atoms with van der Waals surface area (Å²) in [4.78, 5) is 11.2. The molecule has 0 aliphatic carbocycles. The second-order valence-corrected chi connectivity index (χ2v) is 3.07.